The second-order valence-electron chi connectivity index (χ2n) is 4.16. The molecule has 1 heterocycles. The van der Waals surface area contributed by atoms with Gasteiger partial charge in [0.1, 0.15) is 0 Å². The molecule has 1 fully saturated rings. The van der Waals surface area contributed by atoms with Crippen molar-refractivity contribution in [1.82, 2.24) is 10.2 Å². The number of piperidine rings is 1. The molecule has 1 rings (SSSR count). The van der Waals surface area contributed by atoms with Crippen LogP contribution in [0, 0.1) is 0 Å². The third-order valence-corrected chi connectivity index (χ3v) is 2.84. The number of carbonyl (C=O) groups is 2. The largest absolute Gasteiger partial charge is 0.356 e. The Hall–Kier alpha value is -1.06. The van der Waals surface area contributed by atoms with E-state index < -0.39 is 0 Å². The summed E-state index contributed by atoms with van der Waals surface area (Å²) in [6, 6.07) is 0.364. The lowest BCUT2D eigenvalue weighted by molar-refractivity contribution is -0.134. The molecule has 86 valence electrons. The van der Waals surface area contributed by atoms with Gasteiger partial charge >= 0.3 is 0 Å². The highest BCUT2D eigenvalue weighted by Crippen LogP contribution is 2.16. The molecule has 0 aromatic heterocycles. The van der Waals surface area contributed by atoms with Crippen molar-refractivity contribution in [2.24, 2.45) is 0 Å². The van der Waals surface area contributed by atoms with Crippen molar-refractivity contribution in [3.63, 3.8) is 0 Å². The van der Waals surface area contributed by atoms with Crippen LogP contribution in [0.25, 0.3) is 0 Å². The van der Waals surface area contributed by atoms with Gasteiger partial charge in [-0.1, -0.05) is 0 Å². The predicted molar refractivity (Wildman–Crippen MR) is 58.3 cm³/mol. The van der Waals surface area contributed by atoms with Gasteiger partial charge in [-0.3, -0.25) is 9.59 Å². The van der Waals surface area contributed by atoms with E-state index in [1.807, 2.05) is 4.90 Å². The van der Waals surface area contributed by atoms with Crippen LogP contribution in [-0.4, -0.2) is 35.8 Å². The molecular formula is C11H20N2O2. The molecule has 4 heteroatoms. The lowest BCUT2D eigenvalue weighted by Crippen LogP contribution is -2.43. The minimum Gasteiger partial charge on any atom is -0.356 e. The molecule has 1 unspecified atom stereocenters. The van der Waals surface area contributed by atoms with Crippen molar-refractivity contribution in [1.29, 1.82) is 0 Å². The van der Waals surface area contributed by atoms with E-state index in [2.05, 4.69) is 12.2 Å². The zero-order valence-corrected chi connectivity index (χ0v) is 9.58. The van der Waals surface area contributed by atoms with E-state index in [0.717, 1.165) is 19.4 Å². The maximum absolute atomic E-state index is 11.8. The lowest BCUT2D eigenvalue weighted by Gasteiger charge is -2.33. The third-order valence-electron chi connectivity index (χ3n) is 2.84. The van der Waals surface area contributed by atoms with Crippen LogP contribution in [-0.2, 0) is 9.59 Å². The molecule has 0 aromatic rings. The minimum absolute atomic E-state index is 0.0745. The van der Waals surface area contributed by atoms with E-state index >= 15 is 0 Å². The van der Waals surface area contributed by atoms with Crippen molar-refractivity contribution in [2.45, 2.75) is 45.6 Å². The van der Waals surface area contributed by atoms with Crippen LogP contribution in [0.3, 0.4) is 0 Å². The highest BCUT2D eigenvalue weighted by molar-refractivity contribution is 5.78. The molecule has 2 amide bonds. The first-order valence-electron chi connectivity index (χ1n) is 5.65. The first kappa shape index (κ1) is 12.0. The fraction of sp³-hybridized carbons (Fsp3) is 0.818. The Morgan fingerprint density at radius 1 is 1.40 bits per heavy atom. The fourth-order valence-electron chi connectivity index (χ4n) is 1.96. The second kappa shape index (κ2) is 5.73. The molecule has 1 atom stereocenters. The first-order valence-corrected chi connectivity index (χ1v) is 5.65. The summed E-state index contributed by atoms with van der Waals surface area (Å²) >= 11 is 0. The van der Waals surface area contributed by atoms with Gasteiger partial charge in [0.25, 0.3) is 0 Å². The first-order chi connectivity index (χ1) is 7.11. The summed E-state index contributed by atoms with van der Waals surface area (Å²) in [7, 11) is 0. The van der Waals surface area contributed by atoms with E-state index in [4.69, 9.17) is 0 Å². The van der Waals surface area contributed by atoms with Gasteiger partial charge < -0.3 is 10.2 Å². The smallest absolute Gasteiger partial charge is 0.224 e. The monoisotopic (exact) mass is 212 g/mol. The Labute approximate surface area is 91.0 Å². The van der Waals surface area contributed by atoms with Gasteiger partial charge in [0.05, 0.1) is 0 Å². The Bertz CT molecular complexity index is 241. The number of hydrogen-bond donors (Lipinski definition) is 1. The van der Waals surface area contributed by atoms with Gasteiger partial charge in [0, 0.05) is 32.5 Å². The maximum Gasteiger partial charge on any atom is 0.224 e. The van der Waals surface area contributed by atoms with E-state index in [0.29, 0.717) is 19.0 Å². The van der Waals surface area contributed by atoms with Crippen LogP contribution in [0.5, 0.6) is 0 Å². The molecule has 0 radical (unpaired) electrons. The summed E-state index contributed by atoms with van der Waals surface area (Å²) in [5, 5.41) is 2.64. The highest BCUT2D eigenvalue weighted by Gasteiger charge is 2.22. The summed E-state index contributed by atoms with van der Waals surface area (Å²) in [5.41, 5.74) is 0. The van der Waals surface area contributed by atoms with E-state index in [1.165, 1.54) is 13.3 Å². The minimum atomic E-state index is -0.0745. The zero-order valence-electron chi connectivity index (χ0n) is 9.58. The quantitative estimate of drug-likeness (QED) is 0.756. The number of nitrogens with zero attached hydrogens (tertiary/aromatic N) is 1. The van der Waals surface area contributed by atoms with Gasteiger partial charge in [-0.15, -0.1) is 0 Å². The standard InChI is InChI=1S/C11H20N2O2/c1-9-5-3-4-8-13(9)11(15)6-7-12-10(2)14/h9H,3-8H2,1-2H3,(H,12,14). The number of hydrogen-bond acceptors (Lipinski definition) is 2. The number of likely N-dealkylation sites (tertiary alicyclic amines) is 1. The number of carbonyl (C=O) groups excluding carboxylic acids is 2. The van der Waals surface area contributed by atoms with Crippen LogP contribution < -0.4 is 5.32 Å². The van der Waals surface area contributed by atoms with E-state index in [-0.39, 0.29) is 11.8 Å². The second-order valence-corrected chi connectivity index (χ2v) is 4.16. The topological polar surface area (TPSA) is 49.4 Å². The summed E-state index contributed by atoms with van der Waals surface area (Å²) in [6.07, 6.45) is 3.85. The van der Waals surface area contributed by atoms with Crippen LogP contribution in [0.1, 0.15) is 39.5 Å². The van der Waals surface area contributed by atoms with Gasteiger partial charge in [0.2, 0.25) is 11.8 Å². The summed E-state index contributed by atoms with van der Waals surface area (Å²) in [4.78, 5) is 24.3. The molecule has 1 aliphatic heterocycles. The molecule has 1 saturated heterocycles. The summed E-state index contributed by atoms with van der Waals surface area (Å²) < 4.78 is 0. The fourth-order valence-corrected chi connectivity index (χ4v) is 1.96. The highest BCUT2D eigenvalue weighted by atomic mass is 16.2. The van der Waals surface area contributed by atoms with Crippen molar-refractivity contribution in [3.05, 3.63) is 0 Å². The van der Waals surface area contributed by atoms with E-state index in [1.54, 1.807) is 0 Å². The number of rotatable bonds is 3. The molecule has 1 aliphatic rings. The lowest BCUT2D eigenvalue weighted by atomic mass is 10.0. The van der Waals surface area contributed by atoms with Crippen LogP contribution in [0.15, 0.2) is 0 Å². The molecule has 0 spiro atoms. The third kappa shape index (κ3) is 3.90. The average Bonchev–Trinajstić information content (AvgIpc) is 2.17. The Balaban J connectivity index is 2.29. The number of amides is 2. The van der Waals surface area contributed by atoms with Crippen molar-refractivity contribution in [2.75, 3.05) is 13.1 Å². The van der Waals surface area contributed by atoms with Crippen molar-refractivity contribution in [3.8, 4) is 0 Å². The van der Waals surface area contributed by atoms with Gasteiger partial charge in [0.15, 0.2) is 0 Å². The molecule has 0 aromatic carbocycles. The summed E-state index contributed by atoms with van der Waals surface area (Å²) in [6.45, 7) is 4.89. The molecule has 0 aliphatic carbocycles. The van der Waals surface area contributed by atoms with Crippen molar-refractivity contribution >= 4 is 11.8 Å². The predicted octanol–water partition coefficient (Wildman–Crippen LogP) is 0.914. The van der Waals surface area contributed by atoms with E-state index in [9.17, 15) is 9.59 Å². The number of nitrogens with one attached hydrogen (secondary N) is 1. The van der Waals surface area contributed by atoms with Crippen molar-refractivity contribution < 1.29 is 9.59 Å². The Morgan fingerprint density at radius 3 is 2.73 bits per heavy atom. The Morgan fingerprint density at radius 2 is 2.13 bits per heavy atom. The van der Waals surface area contributed by atoms with Crippen LogP contribution in [0.4, 0.5) is 0 Å². The van der Waals surface area contributed by atoms with Crippen LogP contribution >= 0.6 is 0 Å². The van der Waals surface area contributed by atoms with Gasteiger partial charge in [-0.05, 0) is 26.2 Å². The zero-order chi connectivity index (χ0) is 11.3. The normalized spacial score (nSPS) is 21.2. The molecule has 0 bridgehead atoms. The maximum atomic E-state index is 11.8. The molecule has 15 heavy (non-hydrogen) atoms. The van der Waals surface area contributed by atoms with Crippen LogP contribution in [0.2, 0.25) is 0 Å². The average molecular weight is 212 g/mol. The Kier molecular flexibility index (Phi) is 4.59. The molecule has 1 N–H and O–H groups in total. The van der Waals surface area contributed by atoms with Gasteiger partial charge in [-0.2, -0.15) is 0 Å². The van der Waals surface area contributed by atoms with Gasteiger partial charge in [-0.25, -0.2) is 0 Å². The molecule has 4 nitrogen and oxygen atoms in total. The SMILES string of the molecule is CC(=O)NCCC(=O)N1CCCCC1C. The summed E-state index contributed by atoms with van der Waals surface area (Å²) in [5.74, 6) is 0.0884. The molecular weight excluding hydrogens is 192 g/mol. The molecule has 0 saturated carbocycles.